The molecule has 1 aliphatic rings. The molecule has 1 unspecified atom stereocenters. The number of ether oxygens (including phenoxy) is 2. The van der Waals surface area contributed by atoms with Gasteiger partial charge in [0.05, 0.1) is 42.5 Å². The van der Waals surface area contributed by atoms with E-state index < -0.39 is 5.60 Å². The van der Waals surface area contributed by atoms with Gasteiger partial charge in [0, 0.05) is 47.3 Å². The van der Waals surface area contributed by atoms with Crippen LogP contribution in [0.2, 0.25) is 0 Å². The average Bonchev–Trinajstić information content (AvgIpc) is 3.51. The monoisotopic (exact) mass is 524 g/mol. The second kappa shape index (κ2) is 11.3. The lowest BCUT2D eigenvalue weighted by molar-refractivity contribution is -0.142. The molecule has 0 saturated carbocycles. The van der Waals surface area contributed by atoms with Crippen molar-refractivity contribution in [1.29, 1.82) is 5.26 Å². The lowest BCUT2D eigenvalue weighted by Gasteiger charge is -2.34. The Labute approximate surface area is 220 Å². The van der Waals surface area contributed by atoms with Gasteiger partial charge < -0.3 is 14.4 Å². The molecule has 0 radical (unpaired) electrons. The molecule has 1 aliphatic heterocycles. The predicted molar refractivity (Wildman–Crippen MR) is 139 cm³/mol. The summed E-state index contributed by atoms with van der Waals surface area (Å²) < 4.78 is 14.2. The van der Waals surface area contributed by atoms with E-state index in [0.717, 1.165) is 28.9 Å². The average molecular weight is 525 g/mol. The van der Waals surface area contributed by atoms with Crippen LogP contribution in [0.5, 0.6) is 0 Å². The van der Waals surface area contributed by atoms with Crippen LogP contribution < -0.4 is 0 Å². The Morgan fingerprint density at radius 3 is 2.76 bits per heavy atom. The summed E-state index contributed by atoms with van der Waals surface area (Å²) in [6.45, 7) is 8.94. The van der Waals surface area contributed by atoms with Gasteiger partial charge in [-0.05, 0) is 46.6 Å². The first-order valence-electron chi connectivity index (χ1n) is 12.4. The molecule has 196 valence electrons. The molecule has 0 bridgehead atoms. The van der Waals surface area contributed by atoms with Crippen molar-refractivity contribution >= 4 is 29.3 Å². The van der Waals surface area contributed by atoms with Crippen LogP contribution in [0.25, 0.3) is 16.6 Å². The van der Waals surface area contributed by atoms with Crippen molar-refractivity contribution in [2.75, 3.05) is 25.4 Å². The molecule has 0 aromatic carbocycles. The number of piperidine rings is 1. The van der Waals surface area contributed by atoms with Crippen LogP contribution in [0, 0.1) is 11.3 Å². The number of amides is 1. The third kappa shape index (κ3) is 6.43. The molecule has 0 N–H and O–H groups in total. The Morgan fingerprint density at radius 2 is 2.03 bits per heavy atom. The number of hydrogen-bond acceptors (Lipinski definition) is 8. The van der Waals surface area contributed by atoms with Crippen molar-refractivity contribution in [3.63, 3.8) is 0 Å². The molecule has 3 aromatic rings. The maximum Gasteiger partial charge on any atom is 0.410 e. The van der Waals surface area contributed by atoms with Gasteiger partial charge in [0.1, 0.15) is 11.7 Å². The number of hydrogen-bond donors (Lipinski definition) is 0. The maximum absolute atomic E-state index is 12.6. The van der Waals surface area contributed by atoms with Crippen LogP contribution in [-0.4, -0.2) is 67.4 Å². The molecule has 1 fully saturated rings. The minimum atomic E-state index is -0.536. The normalized spacial score (nSPS) is 16.0. The van der Waals surface area contributed by atoms with Crippen LogP contribution in [0.4, 0.5) is 4.79 Å². The lowest BCUT2D eigenvalue weighted by Crippen LogP contribution is -2.43. The van der Waals surface area contributed by atoms with Gasteiger partial charge in [-0.2, -0.15) is 15.5 Å². The highest BCUT2D eigenvalue weighted by atomic mass is 32.2. The molecule has 10 nitrogen and oxygen atoms in total. The van der Waals surface area contributed by atoms with Gasteiger partial charge in [0.2, 0.25) is 0 Å². The lowest BCUT2D eigenvalue weighted by atomic mass is 10.1. The summed E-state index contributed by atoms with van der Waals surface area (Å²) in [7, 11) is 0. The van der Waals surface area contributed by atoms with Crippen molar-refractivity contribution in [3.05, 3.63) is 36.4 Å². The highest BCUT2D eigenvalue weighted by Crippen LogP contribution is 2.32. The molecule has 11 heteroatoms. The number of aromatic nitrogens is 4. The van der Waals surface area contributed by atoms with E-state index in [4.69, 9.17) is 9.47 Å². The summed E-state index contributed by atoms with van der Waals surface area (Å²) in [5.41, 5.74) is 2.45. The van der Waals surface area contributed by atoms with E-state index >= 15 is 0 Å². The number of nitriles is 1. The van der Waals surface area contributed by atoms with Crippen molar-refractivity contribution in [3.8, 4) is 17.2 Å². The summed E-state index contributed by atoms with van der Waals surface area (Å²) in [4.78, 5) is 27.0. The molecule has 1 atom stereocenters. The molecule has 0 spiro atoms. The highest BCUT2D eigenvalue weighted by Gasteiger charge is 2.29. The van der Waals surface area contributed by atoms with Crippen LogP contribution in [0.3, 0.4) is 0 Å². The molecule has 4 heterocycles. The van der Waals surface area contributed by atoms with Crippen molar-refractivity contribution < 1.29 is 19.1 Å². The molecule has 3 aromatic heterocycles. The third-order valence-electron chi connectivity index (χ3n) is 5.92. The maximum atomic E-state index is 12.6. The number of nitrogens with zero attached hydrogens (tertiary/aromatic N) is 6. The Hall–Kier alpha value is -3.52. The largest absolute Gasteiger partial charge is 0.466 e. The molecule has 0 aliphatic carbocycles. The fourth-order valence-electron chi connectivity index (χ4n) is 4.26. The Kier molecular flexibility index (Phi) is 8.07. The van der Waals surface area contributed by atoms with Crippen molar-refractivity contribution in [1.82, 2.24) is 24.3 Å². The summed E-state index contributed by atoms with van der Waals surface area (Å²) >= 11 is 1.49. The van der Waals surface area contributed by atoms with Crippen molar-refractivity contribution in [2.45, 2.75) is 63.5 Å². The molecule has 4 rings (SSSR count). The standard InChI is InChI=1S/C26H32N6O4S/c1-5-35-23(33)8-10-37-22-11-18(15-32-24(22)19(12-27)13-29-32)20-14-28-31(16-20)21-7-6-9-30(17-21)25(34)36-26(2,3)4/h11,13-16,21H,5-10,17H2,1-4H3. The topological polar surface area (TPSA) is 115 Å². The smallest absolute Gasteiger partial charge is 0.410 e. The van der Waals surface area contributed by atoms with Gasteiger partial charge in [0.15, 0.2) is 0 Å². The summed E-state index contributed by atoms with van der Waals surface area (Å²) in [5.74, 6) is 0.279. The van der Waals surface area contributed by atoms with E-state index in [1.165, 1.54) is 11.8 Å². The number of rotatable bonds is 7. The van der Waals surface area contributed by atoms with E-state index in [1.807, 2.05) is 43.9 Å². The van der Waals surface area contributed by atoms with Gasteiger partial charge in [-0.15, -0.1) is 11.8 Å². The van der Waals surface area contributed by atoms with E-state index in [-0.39, 0.29) is 24.5 Å². The van der Waals surface area contributed by atoms with E-state index in [0.29, 0.717) is 36.5 Å². The second-order valence-electron chi connectivity index (χ2n) is 9.89. The molecule has 1 amide bonds. The Balaban J connectivity index is 1.55. The fraction of sp³-hybridized carbons (Fsp3) is 0.500. The predicted octanol–water partition coefficient (Wildman–Crippen LogP) is 4.69. The summed E-state index contributed by atoms with van der Waals surface area (Å²) in [5, 5.41) is 18.5. The zero-order valence-corrected chi connectivity index (χ0v) is 22.5. The number of carbonyl (C=O) groups excluding carboxylic acids is 2. The van der Waals surface area contributed by atoms with Gasteiger partial charge >= 0.3 is 12.1 Å². The van der Waals surface area contributed by atoms with Crippen molar-refractivity contribution in [2.24, 2.45) is 0 Å². The second-order valence-corrected chi connectivity index (χ2v) is 11.0. The number of thioether (sulfide) groups is 1. The Morgan fingerprint density at radius 1 is 1.22 bits per heavy atom. The summed E-state index contributed by atoms with van der Waals surface area (Å²) in [6.07, 6.45) is 8.97. The van der Waals surface area contributed by atoms with Crippen LogP contribution in [0.1, 0.15) is 58.6 Å². The van der Waals surface area contributed by atoms with Crippen LogP contribution >= 0.6 is 11.8 Å². The quantitative estimate of drug-likeness (QED) is 0.323. The first kappa shape index (κ1) is 26.5. The van der Waals surface area contributed by atoms with E-state index in [9.17, 15) is 14.9 Å². The van der Waals surface area contributed by atoms with Gasteiger partial charge in [-0.25, -0.2) is 9.31 Å². The highest BCUT2D eigenvalue weighted by molar-refractivity contribution is 7.99. The first-order chi connectivity index (χ1) is 17.7. The van der Waals surface area contributed by atoms with Gasteiger partial charge in [-0.1, -0.05) is 0 Å². The van der Waals surface area contributed by atoms with Gasteiger partial charge in [0.25, 0.3) is 0 Å². The van der Waals surface area contributed by atoms with E-state index in [2.05, 4.69) is 16.3 Å². The van der Waals surface area contributed by atoms with Crippen LogP contribution in [-0.2, 0) is 14.3 Å². The molecule has 1 saturated heterocycles. The van der Waals surface area contributed by atoms with Gasteiger partial charge in [-0.3, -0.25) is 9.48 Å². The molecule has 37 heavy (non-hydrogen) atoms. The van der Waals surface area contributed by atoms with Crippen LogP contribution in [0.15, 0.2) is 35.7 Å². The van der Waals surface area contributed by atoms with E-state index in [1.54, 1.807) is 28.7 Å². The molecular formula is C26H32N6O4S. The number of carbonyl (C=O) groups is 2. The third-order valence-corrected chi connectivity index (χ3v) is 6.95. The number of fused-ring (bicyclic) bond motifs is 1. The Bertz CT molecular complexity index is 1320. The SMILES string of the molecule is CCOC(=O)CCSc1cc(-c2cnn(C3CCCN(C(=O)OC(C)(C)C)C3)c2)cn2ncc(C#N)c12. The zero-order chi connectivity index (χ0) is 26.6. The zero-order valence-electron chi connectivity index (χ0n) is 21.6. The first-order valence-corrected chi connectivity index (χ1v) is 13.4. The molecular weight excluding hydrogens is 492 g/mol. The number of esters is 1. The number of pyridine rings is 1. The number of likely N-dealkylation sites (tertiary alicyclic amines) is 1. The fourth-order valence-corrected chi connectivity index (χ4v) is 5.30. The summed E-state index contributed by atoms with van der Waals surface area (Å²) in [6, 6.07) is 4.25. The minimum Gasteiger partial charge on any atom is -0.466 e. The minimum absolute atomic E-state index is 0.0482.